The molecular weight excluding hydrogens is 238 g/mol. The molecule has 0 aromatic heterocycles. The molecule has 1 aromatic carbocycles. The maximum atomic E-state index is 11.9. The summed E-state index contributed by atoms with van der Waals surface area (Å²) >= 11 is 0. The number of hydrogen-bond acceptors (Lipinski definition) is 2. The maximum Gasteiger partial charge on any atom is 0.251 e. The van der Waals surface area contributed by atoms with Crippen molar-refractivity contribution >= 4 is 5.91 Å². The summed E-state index contributed by atoms with van der Waals surface area (Å²) in [6.45, 7) is 6.94. The van der Waals surface area contributed by atoms with Crippen LogP contribution in [0.1, 0.15) is 36.7 Å². The molecule has 0 radical (unpaired) electrons. The largest absolute Gasteiger partial charge is 0.384 e. The molecule has 0 saturated heterocycles. The minimum atomic E-state index is -0.157. The number of amides is 1. The molecule has 1 amide bonds. The van der Waals surface area contributed by atoms with Crippen LogP contribution in [0.2, 0.25) is 0 Å². The summed E-state index contributed by atoms with van der Waals surface area (Å²) in [5.41, 5.74) is 1.42. The van der Waals surface area contributed by atoms with Gasteiger partial charge in [0, 0.05) is 17.7 Å². The zero-order valence-corrected chi connectivity index (χ0v) is 11.7. The minimum absolute atomic E-state index is 0.0610. The third kappa shape index (κ3) is 5.15. The van der Waals surface area contributed by atoms with Crippen molar-refractivity contribution in [1.82, 2.24) is 5.32 Å². The Kier molecular flexibility index (Phi) is 6.11. The van der Waals surface area contributed by atoms with Gasteiger partial charge in [-0.25, -0.2) is 0 Å². The molecule has 0 saturated carbocycles. The van der Waals surface area contributed by atoms with Crippen molar-refractivity contribution in [3.63, 3.8) is 0 Å². The number of benzene rings is 1. The van der Waals surface area contributed by atoms with Crippen LogP contribution in [0.3, 0.4) is 0 Å². The first-order valence-electron chi connectivity index (χ1n) is 6.52. The number of aliphatic hydroxyl groups excluding tert-OH is 1. The molecule has 0 aliphatic heterocycles. The fourth-order valence-corrected chi connectivity index (χ4v) is 1.44. The lowest BCUT2D eigenvalue weighted by Crippen LogP contribution is -2.30. The van der Waals surface area contributed by atoms with Gasteiger partial charge in [0.25, 0.3) is 5.91 Å². The molecular formula is C16H21NO2. The summed E-state index contributed by atoms with van der Waals surface area (Å²) in [5, 5.41) is 11.5. The summed E-state index contributed by atoms with van der Waals surface area (Å²) in [7, 11) is 0. The first-order valence-corrected chi connectivity index (χ1v) is 6.52. The fourth-order valence-electron chi connectivity index (χ4n) is 1.44. The Labute approximate surface area is 115 Å². The third-order valence-corrected chi connectivity index (χ3v) is 3.18. The summed E-state index contributed by atoms with van der Waals surface area (Å²) in [4.78, 5) is 11.9. The summed E-state index contributed by atoms with van der Waals surface area (Å²) < 4.78 is 0. The molecule has 1 aromatic rings. The van der Waals surface area contributed by atoms with Crippen molar-refractivity contribution in [3.05, 3.63) is 35.4 Å². The van der Waals surface area contributed by atoms with Crippen LogP contribution in [0.25, 0.3) is 0 Å². The summed E-state index contributed by atoms with van der Waals surface area (Å²) in [6.07, 6.45) is 0. The first kappa shape index (κ1) is 15.3. The average molecular weight is 259 g/mol. The highest BCUT2D eigenvalue weighted by molar-refractivity contribution is 5.94. The average Bonchev–Trinajstić information content (AvgIpc) is 2.42. The van der Waals surface area contributed by atoms with Crippen molar-refractivity contribution < 1.29 is 9.90 Å². The molecule has 0 bridgehead atoms. The second-order valence-corrected chi connectivity index (χ2v) is 4.97. The number of hydrogen-bond donors (Lipinski definition) is 2. The quantitative estimate of drug-likeness (QED) is 0.813. The molecule has 19 heavy (non-hydrogen) atoms. The van der Waals surface area contributed by atoms with Gasteiger partial charge >= 0.3 is 0 Å². The van der Waals surface area contributed by atoms with Crippen molar-refractivity contribution in [2.75, 3.05) is 13.2 Å². The minimum Gasteiger partial charge on any atom is -0.384 e. The fraction of sp³-hybridized carbons (Fsp3) is 0.438. The highest BCUT2D eigenvalue weighted by Crippen LogP contribution is 2.08. The van der Waals surface area contributed by atoms with Crippen LogP contribution in [0.5, 0.6) is 0 Å². The van der Waals surface area contributed by atoms with Crippen LogP contribution in [-0.2, 0) is 0 Å². The van der Waals surface area contributed by atoms with E-state index in [2.05, 4.69) is 37.9 Å². The summed E-state index contributed by atoms with van der Waals surface area (Å²) in [6, 6.07) is 7.06. The van der Waals surface area contributed by atoms with E-state index in [1.807, 2.05) is 0 Å². The molecule has 0 aliphatic carbocycles. The standard InChI is InChI=1S/C16H21NO2/c1-12(2)13(3)11-17-16(19)15-8-6-14(7-9-15)5-4-10-18/h6-9,12-13,18H,10-11H2,1-3H3,(H,17,19). The van der Waals surface area contributed by atoms with Crippen LogP contribution in [0.15, 0.2) is 24.3 Å². The molecule has 0 heterocycles. The number of aliphatic hydroxyl groups is 1. The number of rotatable bonds is 4. The Hall–Kier alpha value is -1.79. The molecule has 1 unspecified atom stereocenters. The van der Waals surface area contributed by atoms with Crippen molar-refractivity contribution in [2.45, 2.75) is 20.8 Å². The van der Waals surface area contributed by atoms with Crippen molar-refractivity contribution in [1.29, 1.82) is 0 Å². The molecule has 2 N–H and O–H groups in total. The lowest BCUT2D eigenvalue weighted by Gasteiger charge is -2.16. The van der Waals surface area contributed by atoms with Gasteiger partial charge in [-0.05, 0) is 36.1 Å². The number of nitrogens with one attached hydrogen (secondary N) is 1. The second-order valence-electron chi connectivity index (χ2n) is 4.97. The molecule has 3 heteroatoms. The van der Waals surface area contributed by atoms with Gasteiger partial charge in [0.2, 0.25) is 0 Å². The SMILES string of the molecule is CC(C)C(C)CNC(=O)c1ccc(C#CCO)cc1. The van der Waals surface area contributed by atoms with Gasteiger partial charge in [0.1, 0.15) is 6.61 Å². The molecule has 0 fully saturated rings. The zero-order valence-electron chi connectivity index (χ0n) is 11.7. The number of carbonyl (C=O) groups is 1. The number of carbonyl (C=O) groups excluding carboxylic acids is 1. The predicted molar refractivity (Wildman–Crippen MR) is 76.7 cm³/mol. The van der Waals surface area contributed by atoms with Crippen LogP contribution < -0.4 is 5.32 Å². The van der Waals surface area contributed by atoms with Crippen LogP contribution in [0.4, 0.5) is 0 Å². The van der Waals surface area contributed by atoms with E-state index in [1.165, 1.54) is 0 Å². The molecule has 0 aliphatic rings. The van der Waals surface area contributed by atoms with E-state index in [0.29, 0.717) is 23.9 Å². The van der Waals surface area contributed by atoms with E-state index in [4.69, 9.17) is 5.11 Å². The van der Waals surface area contributed by atoms with Crippen LogP contribution in [-0.4, -0.2) is 24.2 Å². The Morgan fingerprint density at radius 2 is 1.89 bits per heavy atom. The smallest absolute Gasteiger partial charge is 0.251 e. The van der Waals surface area contributed by atoms with Gasteiger partial charge in [-0.1, -0.05) is 32.6 Å². The molecule has 3 nitrogen and oxygen atoms in total. The highest BCUT2D eigenvalue weighted by atomic mass is 16.2. The summed E-state index contributed by atoms with van der Waals surface area (Å²) in [5.74, 6) is 6.31. The van der Waals surface area contributed by atoms with E-state index in [-0.39, 0.29) is 12.5 Å². The Morgan fingerprint density at radius 3 is 2.42 bits per heavy atom. The van der Waals surface area contributed by atoms with Gasteiger partial charge in [-0.2, -0.15) is 0 Å². The molecule has 1 atom stereocenters. The Bertz CT molecular complexity index is 466. The van der Waals surface area contributed by atoms with Gasteiger partial charge in [0.05, 0.1) is 0 Å². The lowest BCUT2D eigenvalue weighted by atomic mass is 9.98. The monoisotopic (exact) mass is 259 g/mol. The van der Waals surface area contributed by atoms with Crippen molar-refractivity contribution in [3.8, 4) is 11.8 Å². The van der Waals surface area contributed by atoms with E-state index in [0.717, 1.165) is 5.56 Å². The van der Waals surface area contributed by atoms with Gasteiger partial charge in [-0.15, -0.1) is 0 Å². The normalized spacial score (nSPS) is 11.6. The van der Waals surface area contributed by atoms with Gasteiger partial charge in [-0.3, -0.25) is 4.79 Å². The second kappa shape index (κ2) is 7.60. The Balaban J connectivity index is 2.58. The lowest BCUT2D eigenvalue weighted by molar-refractivity contribution is 0.0945. The predicted octanol–water partition coefficient (Wildman–Crippen LogP) is 2.05. The van der Waals surface area contributed by atoms with Crippen LogP contribution >= 0.6 is 0 Å². The Morgan fingerprint density at radius 1 is 1.26 bits per heavy atom. The molecule has 1 rings (SSSR count). The van der Waals surface area contributed by atoms with E-state index < -0.39 is 0 Å². The molecule has 102 valence electrons. The maximum absolute atomic E-state index is 11.9. The van der Waals surface area contributed by atoms with E-state index in [9.17, 15) is 4.79 Å². The van der Waals surface area contributed by atoms with Crippen LogP contribution in [0, 0.1) is 23.7 Å². The first-order chi connectivity index (χ1) is 9.04. The topological polar surface area (TPSA) is 49.3 Å². The van der Waals surface area contributed by atoms with Gasteiger partial charge in [0.15, 0.2) is 0 Å². The van der Waals surface area contributed by atoms with Crippen molar-refractivity contribution in [2.24, 2.45) is 11.8 Å². The highest BCUT2D eigenvalue weighted by Gasteiger charge is 2.10. The van der Waals surface area contributed by atoms with E-state index >= 15 is 0 Å². The van der Waals surface area contributed by atoms with E-state index in [1.54, 1.807) is 24.3 Å². The molecule has 0 spiro atoms. The van der Waals surface area contributed by atoms with Gasteiger partial charge < -0.3 is 10.4 Å². The zero-order chi connectivity index (χ0) is 14.3. The third-order valence-electron chi connectivity index (χ3n) is 3.18.